The minimum atomic E-state index is 0.256. The van der Waals surface area contributed by atoms with E-state index in [0.29, 0.717) is 13.0 Å². The van der Waals surface area contributed by atoms with Gasteiger partial charge in [0.1, 0.15) is 5.84 Å². The van der Waals surface area contributed by atoms with Gasteiger partial charge in [-0.1, -0.05) is 12.1 Å². The molecule has 0 radical (unpaired) electrons. The maximum Gasteiger partial charge on any atom is 0.140 e. The molecule has 4 N–H and O–H groups in total. The molecule has 84 valence electrons. The van der Waals surface area contributed by atoms with Crippen LogP contribution in [0.3, 0.4) is 0 Å². The van der Waals surface area contributed by atoms with Crippen LogP contribution < -0.4 is 11.1 Å². The molecule has 0 spiro atoms. The maximum absolute atomic E-state index is 8.40. The monoisotopic (exact) mass is 203 g/mol. The highest BCUT2D eigenvalue weighted by molar-refractivity contribution is 5.80. The molecule has 0 amide bonds. The molecule has 0 aliphatic carbocycles. The molecule has 1 unspecified atom stereocenters. The van der Waals surface area contributed by atoms with E-state index < -0.39 is 0 Å². The van der Waals surface area contributed by atoms with Crippen molar-refractivity contribution in [2.45, 2.75) is 32.7 Å². The molecule has 0 fully saturated rings. The third-order valence-electron chi connectivity index (χ3n) is 1.96. The van der Waals surface area contributed by atoms with E-state index in [9.17, 15) is 0 Å². The number of oxime groups is 1. The fourth-order valence-corrected chi connectivity index (χ4v) is 1.13. The Hall–Kier alpha value is -0.810. The van der Waals surface area contributed by atoms with E-state index in [1.54, 1.807) is 0 Å². The third-order valence-corrected chi connectivity index (χ3v) is 1.96. The lowest BCUT2D eigenvalue weighted by Gasteiger charge is -2.15. The van der Waals surface area contributed by atoms with Gasteiger partial charge in [0.15, 0.2) is 0 Å². The average molecular weight is 203 g/mol. The quantitative estimate of drug-likeness (QED) is 0.177. The number of hydrogen-bond acceptors (Lipinski definition) is 4. The molecule has 0 aromatic heterocycles. The SMILES string of the molecule is CCOCCNC(CC)CC(N)=NO. The second kappa shape index (κ2) is 8.77. The summed E-state index contributed by atoms with van der Waals surface area (Å²) in [5, 5.41) is 14.6. The summed E-state index contributed by atoms with van der Waals surface area (Å²) in [5.74, 6) is 0.265. The molecule has 0 aliphatic rings. The Labute approximate surface area is 85.3 Å². The Kier molecular flexibility index (Phi) is 8.27. The first-order chi connectivity index (χ1) is 6.74. The number of amidine groups is 1. The second-order valence-corrected chi connectivity index (χ2v) is 3.05. The van der Waals surface area contributed by atoms with Gasteiger partial charge in [0.2, 0.25) is 0 Å². The summed E-state index contributed by atoms with van der Waals surface area (Å²) in [6.07, 6.45) is 1.52. The molecular weight excluding hydrogens is 182 g/mol. The van der Waals surface area contributed by atoms with E-state index in [2.05, 4.69) is 17.4 Å². The second-order valence-electron chi connectivity index (χ2n) is 3.05. The first-order valence-corrected chi connectivity index (χ1v) is 5.02. The number of hydrogen-bond donors (Lipinski definition) is 3. The van der Waals surface area contributed by atoms with Crippen molar-refractivity contribution in [3.8, 4) is 0 Å². The van der Waals surface area contributed by atoms with E-state index in [1.807, 2.05) is 6.92 Å². The standard InChI is InChI=1S/C9H21N3O2/c1-3-8(7-9(10)12-13)11-5-6-14-4-2/h8,11,13H,3-7H2,1-2H3,(H2,10,12). The lowest BCUT2D eigenvalue weighted by Crippen LogP contribution is -2.35. The minimum Gasteiger partial charge on any atom is -0.409 e. The summed E-state index contributed by atoms with van der Waals surface area (Å²) >= 11 is 0. The molecule has 14 heavy (non-hydrogen) atoms. The maximum atomic E-state index is 8.40. The van der Waals surface area contributed by atoms with Crippen molar-refractivity contribution >= 4 is 5.84 Å². The van der Waals surface area contributed by atoms with Gasteiger partial charge in [-0.25, -0.2) is 0 Å². The van der Waals surface area contributed by atoms with Gasteiger partial charge in [0.25, 0.3) is 0 Å². The first kappa shape index (κ1) is 13.2. The zero-order chi connectivity index (χ0) is 10.8. The van der Waals surface area contributed by atoms with Crippen molar-refractivity contribution in [2.75, 3.05) is 19.8 Å². The number of nitrogens with two attached hydrogens (primary N) is 1. The molecular formula is C9H21N3O2. The number of ether oxygens (including phenoxy) is 1. The Bertz CT molecular complexity index is 162. The van der Waals surface area contributed by atoms with Crippen molar-refractivity contribution in [2.24, 2.45) is 10.9 Å². The van der Waals surface area contributed by atoms with E-state index in [-0.39, 0.29) is 11.9 Å². The van der Waals surface area contributed by atoms with Crippen LogP contribution in [0.25, 0.3) is 0 Å². The van der Waals surface area contributed by atoms with Gasteiger partial charge >= 0.3 is 0 Å². The summed E-state index contributed by atoms with van der Waals surface area (Å²) in [6.45, 7) is 6.25. The van der Waals surface area contributed by atoms with Crippen molar-refractivity contribution in [1.82, 2.24) is 5.32 Å². The summed E-state index contributed by atoms with van der Waals surface area (Å²) < 4.78 is 5.19. The van der Waals surface area contributed by atoms with Crippen molar-refractivity contribution < 1.29 is 9.94 Å². The van der Waals surface area contributed by atoms with Crippen LogP contribution in [0, 0.1) is 0 Å². The van der Waals surface area contributed by atoms with Crippen LogP contribution in [0.15, 0.2) is 5.16 Å². The highest BCUT2D eigenvalue weighted by atomic mass is 16.5. The molecule has 0 bridgehead atoms. The molecule has 0 aromatic rings. The van der Waals surface area contributed by atoms with Crippen molar-refractivity contribution in [1.29, 1.82) is 0 Å². The molecule has 0 heterocycles. The summed E-state index contributed by atoms with van der Waals surface area (Å²) in [6, 6.07) is 0.256. The molecule has 0 aromatic carbocycles. The Morgan fingerprint density at radius 3 is 2.79 bits per heavy atom. The van der Waals surface area contributed by atoms with Gasteiger partial charge in [-0.15, -0.1) is 0 Å². The van der Waals surface area contributed by atoms with Crippen molar-refractivity contribution in [3.05, 3.63) is 0 Å². The summed E-state index contributed by atoms with van der Waals surface area (Å²) in [7, 11) is 0. The number of rotatable bonds is 8. The third kappa shape index (κ3) is 6.68. The van der Waals surface area contributed by atoms with Crippen LogP contribution in [-0.4, -0.2) is 36.8 Å². The van der Waals surface area contributed by atoms with Crippen LogP contribution in [0.5, 0.6) is 0 Å². The molecule has 5 nitrogen and oxygen atoms in total. The molecule has 5 heteroatoms. The number of nitrogens with one attached hydrogen (secondary N) is 1. The van der Waals surface area contributed by atoms with Crippen LogP contribution >= 0.6 is 0 Å². The molecule has 0 saturated carbocycles. The lowest BCUT2D eigenvalue weighted by atomic mass is 10.1. The van der Waals surface area contributed by atoms with Gasteiger partial charge in [-0.3, -0.25) is 0 Å². The summed E-state index contributed by atoms with van der Waals surface area (Å²) in [4.78, 5) is 0. The van der Waals surface area contributed by atoms with Crippen LogP contribution in [-0.2, 0) is 4.74 Å². The zero-order valence-corrected chi connectivity index (χ0v) is 8.99. The van der Waals surface area contributed by atoms with E-state index in [4.69, 9.17) is 15.7 Å². The first-order valence-electron chi connectivity index (χ1n) is 5.02. The van der Waals surface area contributed by atoms with E-state index >= 15 is 0 Å². The normalized spacial score (nSPS) is 14.3. The largest absolute Gasteiger partial charge is 0.409 e. The Balaban J connectivity index is 3.58. The molecule has 0 saturated heterocycles. The number of nitrogens with zero attached hydrogens (tertiary/aromatic N) is 1. The highest BCUT2D eigenvalue weighted by Gasteiger charge is 2.07. The predicted octanol–water partition coefficient (Wildman–Crippen LogP) is 0.528. The Morgan fingerprint density at radius 1 is 1.57 bits per heavy atom. The molecule has 1 atom stereocenters. The van der Waals surface area contributed by atoms with Gasteiger partial charge < -0.3 is 21.0 Å². The summed E-state index contributed by atoms with van der Waals surface area (Å²) in [5.41, 5.74) is 5.41. The van der Waals surface area contributed by atoms with Gasteiger partial charge in [0, 0.05) is 25.6 Å². The topological polar surface area (TPSA) is 79.9 Å². The lowest BCUT2D eigenvalue weighted by molar-refractivity contribution is 0.146. The molecule has 0 aliphatic heterocycles. The van der Waals surface area contributed by atoms with Crippen LogP contribution in [0.4, 0.5) is 0 Å². The van der Waals surface area contributed by atoms with E-state index in [1.165, 1.54) is 0 Å². The average Bonchev–Trinajstić information content (AvgIpc) is 2.22. The van der Waals surface area contributed by atoms with Gasteiger partial charge in [0.05, 0.1) is 6.61 Å². The fourth-order valence-electron chi connectivity index (χ4n) is 1.13. The minimum absolute atomic E-state index is 0.256. The highest BCUT2D eigenvalue weighted by Crippen LogP contribution is 1.96. The molecule has 0 rings (SSSR count). The van der Waals surface area contributed by atoms with Crippen LogP contribution in [0.2, 0.25) is 0 Å². The fraction of sp³-hybridized carbons (Fsp3) is 0.889. The predicted molar refractivity (Wildman–Crippen MR) is 56.6 cm³/mol. The van der Waals surface area contributed by atoms with Crippen molar-refractivity contribution in [3.63, 3.8) is 0 Å². The van der Waals surface area contributed by atoms with Crippen LogP contribution in [0.1, 0.15) is 26.7 Å². The van der Waals surface area contributed by atoms with Gasteiger partial charge in [-0.2, -0.15) is 0 Å². The zero-order valence-electron chi connectivity index (χ0n) is 8.99. The Morgan fingerprint density at radius 2 is 2.29 bits per heavy atom. The van der Waals surface area contributed by atoms with E-state index in [0.717, 1.165) is 19.6 Å². The van der Waals surface area contributed by atoms with Gasteiger partial charge in [-0.05, 0) is 13.3 Å². The smallest absolute Gasteiger partial charge is 0.140 e.